The summed E-state index contributed by atoms with van der Waals surface area (Å²) >= 11 is 0. The smallest absolute Gasteiger partial charge is 0.326 e. The minimum Gasteiger partial charge on any atom is -0.326 e. The Morgan fingerprint density at radius 2 is 1.83 bits per heavy atom. The van der Waals surface area contributed by atoms with Crippen LogP contribution in [0.1, 0.15) is 5.56 Å². The van der Waals surface area contributed by atoms with Gasteiger partial charge in [-0.15, -0.1) is 0 Å². The van der Waals surface area contributed by atoms with Crippen LogP contribution in [0.3, 0.4) is 0 Å². The Labute approximate surface area is 101 Å². The fourth-order valence-corrected chi connectivity index (χ4v) is 2.02. The van der Waals surface area contributed by atoms with Crippen LogP contribution in [0.15, 0.2) is 33.9 Å². The Hall–Kier alpha value is -2.63. The third-order valence-electron chi connectivity index (χ3n) is 2.80. The summed E-state index contributed by atoms with van der Waals surface area (Å²) in [7, 11) is 0. The number of carbonyl (C=O) groups is 1. The van der Waals surface area contributed by atoms with Crippen LogP contribution >= 0.6 is 0 Å². The van der Waals surface area contributed by atoms with Crippen LogP contribution in [0.5, 0.6) is 0 Å². The summed E-state index contributed by atoms with van der Waals surface area (Å²) in [5, 5.41) is 2.72. The molecule has 6 nitrogen and oxygen atoms in total. The van der Waals surface area contributed by atoms with Gasteiger partial charge in [-0.3, -0.25) is 14.6 Å². The van der Waals surface area contributed by atoms with Gasteiger partial charge in [0, 0.05) is 11.8 Å². The van der Waals surface area contributed by atoms with E-state index >= 15 is 0 Å². The van der Waals surface area contributed by atoms with Crippen molar-refractivity contribution in [1.82, 2.24) is 9.97 Å². The first-order valence-electron chi connectivity index (χ1n) is 5.38. The van der Waals surface area contributed by atoms with Gasteiger partial charge in [-0.05, 0) is 23.3 Å². The Bertz CT molecular complexity index is 729. The lowest BCUT2D eigenvalue weighted by atomic mass is 10.1. The summed E-state index contributed by atoms with van der Waals surface area (Å²) in [4.78, 5) is 38.3. The number of hydrogen-bond donors (Lipinski definition) is 3. The number of aromatic amines is 2. The lowest BCUT2D eigenvalue weighted by molar-refractivity contribution is -0.115. The van der Waals surface area contributed by atoms with Gasteiger partial charge in [-0.1, -0.05) is 6.07 Å². The van der Waals surface area contributed by atoms with Crippen molar-refractivity contribution >= 4 is 11.6 Å². The number of amides is 1. The summed E-state index contributed by atoms with van der Waals surface area (Å²) in [6.45, 7) is 0. The second-order valence-electron chi connectivity index (χ2n) is 4.10. The highest BCUT2D eigenvalue weighted by molar-refractivity contribution is 5.99. The third-order valence-corrected chi connectivity index (χ3v) is 2.80. The molecule has 2 heterocycles. The fraction of sp³-hybridized carbons (Fsp3) is 0.0833. The van der Waals surface area contributed by atoms with Crippen LogP contribution in [0, 0.1) is 0 Å². The highest BCUT2D eigenvalue weighted by Gasteiger charge is 2.17. The molecule has 3 rings (SSSR count). The van der Waals surface area contributed by atoms with Gasteiger partial charge in [0.05, 0.1) is 12.1 Å². The largest absolute Gasteiger partial charge is 0.326 e. The first kappa shape index (κ1) is 10.5. The highest BCUT2D eigenvalue weighted by Crippen LogP contribution is 2.27. The molecule has 1 aliphatic rings. The topological polar surface area (TPSA) is 94.8 Å². The van der Waals surface area contributed by atoms with E-state index in [4.69, 9.17) is 0 Å². The molecular weight excluding hydrogens is 234 g/mol. The normalized spacial score (nSPS) is 13.2. The molecule has 1 aliphatic heterocycles. The second kappa shape index (κ2) is 3.69. The fourth-order valence-electron chi connectivity index (χ4n) is 2.02. The van der Waals surface area contributed by atoms with E-state index in [1.165, 1.54) is 6.07 Å². The average molecular weight is 243 g/mol. The standard InChI is InChI=1S/C12H9N3O3/c16-10-4-7-3-6(1-2-8(7)13-10)9-5-11(17)15-12(18)14-9/h1-3,5H,4H2,(H,13,16)(H2,14,15,17,18). The number of benzene rings is 1. The quantitative estimate of drug-likeness (QED) is 0.668. The lowest BCUT2D eigenvalue weighted by Gasteiger charge is -2.03. The SMILES string of the molecule is O=C1Cc2cc(-c3cc(=O)[nH]c(=O)[nH]3)ccc2N1. The van der Waals surface area contributed by atoms with Crippen molar-refractivity contribution in [3.05, 3.63) is 50.7 Å². The highest BCUT2D eigenvalue weighted by atomic mass is 16.2. The van der Waals surface area contributed by atoms with Gasteiger partial charge in [0.15, 0.2) is 0 Å². The molecule has 0 aliphatic carbocycles. The van der Waals surface area contributed by atoms with Gasteiger partial charge in [-0.2, -0.15) is 0 Å². The van der Waals surface area contributed by atoms with Gasteiger partial charge in [0.25, 0.3) is 5.56 Å². The van der Waals surface area contributed by atoms with Gasteiger partial charge in [-0.25, -0.2) is 4.79 Å². The molecule has 0 fully saturated rings. The molecule has 1 amide bonds. The molecule has 0 radical (unpaired) electrons. The van der Waals surface area contributed by atoms with Crippen LogP contribution < -0.4 is 16.6 Å². The maximum absolute atomic E-state index is 11.2. The van der Waals surface area contributed by atoms with Crippen LogP contribution in [-0.2, 0) is 11.2 Å². The van der Waals surface area contributed by atoms with Crippen LogP contribution in [-0.4, -0.2) is 15.9 Å². The van der Waals surface area contributed by atoms with E-state index in [1.807, 2.05) is 0 Å². The number of anilines is 1. The van der Waals surface area contributed by atoms with E-state index in [2.05, 4.69) is 15.3 Å². The molecule has 0 bridgehead atoms. The number of carbonyl (C=O) groups excluding carboxylic acids is 1. The van der Waals surface area contributed by atoms with Crippen molar-refractivity contribution in [2.45, 2.75) is 6.42 Å². The number of rotatable bonds is 1. The summed E-state index contributed by atoms with van der Waals surface area (Å²) in [5.41, 5.74) is 1.77. The molecule has 90 valence electrons. The number of H-pyrrole nitrogens is 2. The van der Waals surface area contributed by atoms with Crippen LogP contribution in [0.2, 0.25) is 0 Å². The summed E-state index contributed by atoms with van der Waals surface area (Å²) in [6.07, 6.45) is 0.316. The number of fused-ring (bicyclic) bond motifs is 1. The van der Waals surface area contributed by atoms with Crippen molar-refractivity contribution < 1.29 is 4.79 Å². The van der Waals surface area contributed by atoms with Crippen molar-refractivity contribution in [2.24, 2.45) is 0 Å². The molecule has 3 N–H and O–H groups in total. The molecule has 2 aromatic rings. The molecule has 0 unspecified atom stereocenters. The van der Waals surface area contributed by atoms with E-state index in [0.717, 1.165) is 11.3 Å². The minimum absolute atomic E-state index is 0.0541. The van der Waals surface area contributed by atoms with Crippen molar-refractivity contribution in [3.63, 3.8) is 0 Å². The molecule has 0 saturated heterocycles. The first-order chi connectivity index (χ1) is 8.61. The van der Waals surface area contributed by atoms with Gasteiger partial charge in [0.1, 0.15) is 0 Å². The second-order valence-corrected chi connectivity index (χ2v) is 4.10. The zero-order chi connectivity index (χ0) is 12.7. The van der Waals surface area contributed by atoms with Gasteiger partial charge >= 0.3 is 5.69 Å². The summed E-state index contributed by atoms with van der Waals surface area (Å²) in [5.74, 6) is -0.0541. The predicted molar refractivity (Wildman–Crippen MR) is 65.5 cm³/mol. The summed E-state index contributed by atoms with van der Waals surface area (Å²) < 4.78 is 0. The molecule has 1 aromatic heterocycles. The van der Waals surface area contributed by atoms with E-state index in [0.29, 0.717) is 17.7 Å². The molecular formula is C12H9N3O3. The summed E-state index contributed by atoms with van der Waals surface area (Å²) in [6, 6.07) is 6.61. The molecule has 0 spiro atoms. The van der Waals surface area contributed by atoms with Crippen molar-refractivity contribution in [2.75, 3.05) is 5.32 Å². The first-order valence-corrected chi connectivity index (χ1v) is 5.38. The Morgan fingerprint density at radius 3 is 2.61 bits per heavy atom. The molecule has 1 aromatic carbocycles. The third kappa shape index (κ3) is 1.73. The van der Waals surface area contributed by atoms with Crippen molar-refractivity contribution in [1.29, 1.82) is 0 Å². The maximum atomic E-state index is 11.2. The van der Waals surface area contributed by atoms with E-state index in [-0.39, 0.29) is 5.91 Å². The zero-order valence-electron chi connectivity index (χ0n) is 9.24. The molecule has 18 heavy (non-hydrogen) atoms. The maximum Gasteiger partial charge on any atom is 0.326 e. The average Bonchev–Trinajstić information content (AvgIpc) is 2.66. The Balaban J connectivity index is 2.13. The molecule has 6 heteroatoms. The van der Waals surface area contributed by atoms with E-state index in [9.17, 15) is 14.4 Å². The number of aromatic nitrogens is 2. The monoisotopic (exact) mass is 243 g/mol. The predicted octanol–water partition coefficient (Wildman–Crippen LogP) is 0.225. The molecule has 0 atom stereocenters. The number of hydrogen-bond acceptors (Lipinski definition) is 3. The van der Waals surface area contributed by atoms with Crippen LogP contribution in [0.25, 0.3) is 11.3 Å². The minimum atomic E-state index is -0.549. The van der Waals surface area contributed by atoms with E-state index in [1.54, 1.807) is 18.2 Å². The van der Waals surface area contributed by atoms with Gasteiger partial charge in [0.2, 0.25) is 5.91 Å². The molecule has 0 saturated carbocycles. The lowest BCUT2D eigenvalue weighted by Crippen LogP contribution is -2.21. The zero-order valence-corrected chi connectivity index (χ0v) is 9.24. The number of nitrogens with one attached hydrogen (secondary N) is 3. The van der Waals surface area contributed by atoms with Gasteiger partial charge < -0.3 is 10.3 Å². The van der Waals surface area contributed by atoms with Crippen LogP contribution in [0.4, 0.5) is 5.69 Å². The van der Waals surface area contributed by atoms with Crippen molar-refractivity contribution in [3.8, 4) is 11.3 Å². The Morgan fingerprint density at radius 1 is 1.00 bits per heavy atom. The van der Waals surface area contributed by atoms with E-state index < -0.39 is 11.2 Å². The Kier molecular flexibility index (Phi) is 2.16.